The first kappa shape index (κ1) is 17.3. The Bertz CT molecular complexity index is 412. The van der Waals surface area contributed by atoms with Crippen molar-refractivity contribution in [3.8, 4) is 0 Å². The van der Waals surface area contributed by atoms with Gasteiger partial charge in [0.15, 0.2) is 0 Å². The van der Waals surface area contributed by atoms with Crippen LogP contribution in [0.15, 0.2) is 11.3 Å². The summed E-state index contributed by atoms with van der Waals surface area (Å²) in [7, 11) is 2.47. The highest BCUT2D eigenvalue weighted by Crippen LogP contribution is 2.38. The molecule has 0 unspecified atom stereocenters. The van der Waals surface area contributed by atoms with Crippen molar-refractivity contribution >= 4 is 11.8 Å². The Balaban J connectivity index is 5.98. The molecule has 0 saturated carbocycles. The minimum absolute atomic E-state index is 0.186. The van der Waals surface area contributed by atoms with Crippen LogP contribution in [0.4, 0.5) is 22.0 Å². The number of Topliss-reactive ketones (excluding diaryl/α,β-unsaturated/α-hetero) is 1. The van der Waals surface area contributed by atoms with Gasteiger partial charge in [0.25, 0.3) is 5.78 Å². The van der Waals surface area contributed by atoms with Gasteiger partial charge < -0.3 is 10.0 Å². The second kappa shape index (κ2) is 5.54. The average Bonchev–Trinajstić information content (AvgIpc) is 2.21. The van der Waals surface area contributed by atoms with Crippen LogP contribution in [0.2, 0.25) is 0 Å². The van der Waals surface area contributed by atoms with Crippen LogP contribution < -0.4 is 0 Å². The van der Waals surface area contributed by atoms with Crippen LogP contribution >= 0.6 is 0 Å². The molecule has 0 atom stereocenters. The van der Waals surface area contributed by atoms with E-state index in [1.165, 1.54) is 21.0 Å². The van der Waals surface area contributed by atoms with Crippen molar-refractivity contribution in [3.05, 3.63) is 11.3 Å². The molecule has 0 aromatic carbocycles. The number of nitrogens with zero attached hydrogens (tertiary/aromatic N) is 1. The summed E-state index contributed by atoms with van der Waals surface area (Å²) >= 11 is 0. The van der Waals surface area contributed by atoms with Gasteiger partial charge >= 0.3 is 18.1 Å². The number of allylic oxidation sites excluding steroid dienone is 1. The van der Waals surface area contributed by atoms with Gasteiger partial charge in [-0.3, -0.25) is 4.79 Å². The molecule has 1 N–H and O–H groups in total. The molecule has 0 aliphatic carbocycles. The van der Waals surface area contributed by atoms with Crippen molar-refractivity contribution in [1.29, 1.82) is 0 Å². The summed E-state index contributed by atoms with van der Waals surface area (Å²) in [5.74, 6) is -10.6. The summed E-state index contributed by atoms with van der Waals surface area (Å²) in [4.78, 5) is 23.0. The predicted molar refractivity (Wildman–Crippen MR) is 54.6 cm³/mol. The summed E-state index contributed by atoms with van der Waals surface area (Å²) in [5, 5.41) is 8.72. The third kappa shape index (κ3) is 3.42. The zero-order valence-electron chi connectivity index (χ0n) is 10.3. The van der Waals surface area contributed by atoms with Crippen LogP contribution in [0.3, 0.4) is 0 Å². The summed E-state index contributed by atoms with van der Waals surface area (Å²) in [5.41, 5.74) is -1.98. The van der Waals surface area contributed by atoms with E-state index in [4.69, 9.17) is 5.11 Å². The van der Waals surface area contributed by atoms with E-state index in [9.17, 15) is 31.5 Å². The molecule has 0 rings (SSSR count). The Kier molecular flexibility index (Phi) is 5.05. The number of hydrogen-bond donors (Lipinski definition) is 1. The molecule has 0 aromatic heterocycles. The van der Waals surface area contributed by atoms with Gasteiger partial charge in [-0.2, -0.15) is 22.0 Å². The lowest BCUT2D eigenvalue weighted by Crippen LogP contribution is -2.46. The molecule has 0 saturated heterocycles. The normalized spacial score (nSPS) is 13.9. The summed E-state index contributed by atoms with van der Waals surface area (Å²) in [6.07, 6.45) is -6.33. The van der Waals surface area contributed by atoms with Gasteiger partial charge in [-0.1, -0.05) is 6.92 Å². The second-order valence-electron chi connectivity index (χ2n) is 3.78. The number of carboxylic acids is 1. The standard InChI is InChI=1S/C10H12F5NO3/c1-4-5(16(2)3)6(8(18)19)7(17)9(11,12)10(13,14)15/h4H2,1-3H3,(H,18,19). The number of hydrogen-bond acceptors (Lipinski definition) is 3. The molecular formula is C10H12F5NO3. The van der Waals surface area contributed by atoms with Gasteiger partial charge in [0.05, 0.1) is 0 Å². The molecule has 4 nitrogen and oxygen atoms in total. The summed E-state index contributed by atoms with van der Waals surface area (Å²) in [6.45, 7) is 1.33. The van der Waals surface area contributed by atoms with Crippen molar-refractivity contribution in [2.45, 2.75) is 25.4 Å². The number of carbonyl (C=O) groups is 2. The van der Waals surface area contributed by atoms with Crippen molar-refractivity contribution in [1.82, 2.24) is 4.90 Å². The minimum Gasteiger partial charge on any atom is -0.477 e. The fraction of sp³-hybridized carbons (Fsp3) is 0.600. The van der Waals surface area contributed by atoms with Crippen molar-refractivity contribution in [3.63, 3.8) is 0 Å². The van der Waals surface area contributed by atoms with E-state index in [0.717, 1.165) is 4.90 Å². The largest absolute Gasteiger partial charge is 0.477 e. The molecule has 0 aliphatic heterocycles. The Morgan fingerprint density at radius 2 is 1.53 bits per heavy atom. The highest BCUT2D eigenvalue weighted by molar-refractivity contribution is 6.20. The highest BCUT2D eigenvalue weighted by atomic mass is 19.4. The number of alkyl halides is 5. The summed E-state index contributed by atoms with van der Waals surface area (Å²) < 4.78 is 62.0. The van der Waals surface area contributed by atoms with E-state index >= 15 is 0 Å². The molecule has 0 fully saturated rings. The average molecular weight is 289 g/mol. The molecule has 0 spiro atoms. The van der Waals surface area contributed by atoms with Crippen molar-refractivity contribution in [2.24, 2.45) is 0 Å². The first-order valence-corrected chi connectivity index (χ1v) is 5.01. The van der Waals surface area contributed by atoms with Crippen LogP contribution in [0, 0.1) is 0 Å². The molecule has 0 heterocycles. The third-order valence-electron chi connectivity index (χ3n) is 2.25. The fourth-order valence-electron chi connectivity index (χ4n) is 1.35. The maximum absolute atomic E-state index is 12.9. The van der Waals surface area contributed by atoms with Gasteiger partial charge in [0.1, 0.15) is 5.57 Å². The molecule has 0 aliphatic rings. The zero-order chi connectivity index (χ0) is 15.6. The minimum atomic E-state index is -6.14. The molecule has 19 heavy (non-hydrogen) atoms. The SMILES string of the molecule is CCC(=C(C(=O)O)C(=O)C(F)(F)C(F)(F)F)N(C)C. The van der Waals surface area contributed by atoms with Gasteiger partial charge in [-0.05, 0) is 6.42 Å². The fourth-order valence-corrected chi connectivity index (χ4v) is 1.35. The lowest BCUT2D eigenvalue weighted by molar-refractivity contribution is -0.266. The van der Waals surface area contributed by atoms with E-state index in [1.54, 1.807) is 0 Å². The van der Waals surface area contributed by atoms with E-state index < -0.39 is 35.1 Å². The molecule has 0 radical (unpaired) electrons. The number of ketones is 1. The number of rotatable bonds is 5. The van der Waals surface area contributed by atoms with Crippen LogP contribution in [0.1, 0.15) is 13.3 Å². The second-order valence-corrected chi connectivity index (χ2v) is 3.78. The number of carbonyl (C=O) groups excluding carboxylic acids is 1. The Hall–Kier alpha value is -1.67. The lowest BCUT2D eigenvalue weighted by Gasteiger charge is -2.22. The first-order chi connectivity index (χ1) is 8.37. The Morgan fingerprint density at radius 3 is 1.74 bits per heavy atom. The zero-order valence-corrected chi connectivity index (χ0v) is 10.3. The van der Waals surface area contributed by atoms with E-state index in [2.05, 4.69) is 0 Å². The monoisotopic (exact) mass is 289 g/mol. The van der Waals surface area contributed by atoms with Gasteiger partial charge in [0, 0.05) is 19.8 Å². The lowest BCUT2D eigenvalue weighted by atomic mass is 10.0. The maximum atomic E-state index is 12.9. The Morgan fingerprint density at radius 1 is 1.11 bits per heavy atom. The van der Waals surface area contributed by atoms with Gasteiger partial charge in [-0.25, -0.2) is 4.79 Å². The van der Waals surface area contributed by atoms with Crippen LogP contribution in [0.5, 0.6) is 0 Å². The first-order valence-electron chi connectivity index (χ1n) is 5.01. The van der Waals surface area contributed by atoms with E-state index in [0.29, 0.717) is 0 Å². The van der Waals surface area contributed by atoms with E-state index in [-0.39, 0.29) is 6.42 Å². The number of halogens is 5. The quantitative estimate of drug-likeness (QED) is 0.364. The van der Waals surface area contributed by atoms with Crippen molar-refractivity contribution < 1.29 is 36.6 Å². The van der Waals surface area contributed by atoms with E-state index in [1.807, 2.05) is 0 Å². The highest BCUT2D eigenvalue weighted by Gasteiger charge is 2.64. The number of carboxylic acid groups (broad SMARTS) is 1. The molecule has 110 valence electrons. The molecule has 9 heteroatoms. The van der Waals surface area contributed by atoms with Gasteiger partial charge in [-0.15, -0.1) is 0 Å². The van der Waals surface area contributed by atoms with Crippen LogP contribution in [-0.4, -0.2) is 48.0 Å². The van der Waals surface area contributed by atoms with Crippen molar-refractivity contribution in [2.75, 3.05) is 14.1 Å². The third-order valence-corrected chi connectivity index (χ3v) is 2.25. The smallest absolute Gasteiger partial charge is 0.461 e. The molecule has 0 aromatic rings. The Labute approximate surface area is 105 Å². The topological polar surface area (TPSA) is 57.6 Å². The van der Waals surface area contributed by atoms with Crippen LogP contribution in [-0.2, 0) is 9.59 Å². The maximum Gasteiger partial charge on any atom is 0.461 e. The molecule has 0 bridgehead atoms. The molecular weight excluding hydrogens is 277 g/mol. The van der Waals surface area contributed by atoms with Crippen LogP contribution in [0.25, 0.3) is 0 Å². The number of aliphatic carboxylic acids is 1. The summed E-state index contributed by atoms with van der Waals surface area (Å²) in [6, 6.07) is 0. The molecule has 0 amide bonds. The van der Waals surface area contributed by atoms with Gasteiger partial charge in [0.2, 0.25) is 0 Å². The predicted octanol–water partition coefficient (Wildman–Crippen LogP) is 2.06.